The zero-order valence-electron chi connectivity index (χ0n) is 15.9. The van der Waals surface area contributed by atoms with Gasteiger partial charge in [0.1, 0.15) is 0 Å². The van der Waals surface area contributed by atoms with E-state index in [1.807, 2.05) is 66.7 Å². The topological polar surface area (TPSA) is 46.6 Å². The van der Waals surface area contributed by atoms with Gasteiger partial charge in [-0.15, -0.1) is 6.58 Å². The molecule has 0 unspecified atom stereocenters. The van der Waals surface area contributed by atoms with Crippen LogP contribution >= 0.6 is 0 Å². The van der Waals surface area contributed by atoms with Gasteiger partial charge in [-0.05, 0) is 17.7 Å². The summed E-state index contributed by atoms with van der Waals surface area (Å²) in [7, 11) is 0. The van der Waals surface area contributed by atoms with E-state index in [1.165, 1.54) is 11.0 Å². The molecule has 0 aliphatic carbocycles. The van der Waals surface area contributed by atoms with Crippen molar-refractivity contribution in [3.05, 3.63) is 120 Å². The number of rotatable bonds is 5. The molecule has 1 heterocycles. The highest BCUT2D eigenvalue weighted by atomic mass is 16.6. The van der Waals surface area contributed by atoms with E-state index < -0.39 is 17.7 Å². The highest BCUT2D eigenvalue weighted by Crippen LogP contribution is 2.42. The third-order valence-electron chi connectivity index (χ3n) is 5.21. The molecule has 4 heteroatoms. The zero-order chi connectivity index (χ0) is 20.3. The van der Waals surface area contributed by atoms with Crippen molar-refractivity contribution in [2.75, 3.05) is 0 Å². The van der Waals surface area contributed by atoms with Crippen molar-refractivity contribution in [3.8, 4) is 0 Å². The summed E-state index contributed by atoms with van der Waals surface area (Å²) in [6, 6.07) is 27.8. The molecule has 0 spiro atoms. The van der Waals surface area contributed by atoms with Crippen LogP contribution in [-0.4, -0.2) is 22.3 Å². The summed E-state index contributed by atoms with van der Waals surface area (Å²) in [4.78, 5) is 28.3. The van der Waals surface area contributed by atoms with E-state index in [2.05, 4.69) is 6.58 Å². The van der Waals surface area contributed by atoms with Crippen molar-refractivity contribution >= 4 is 11.9 Å². The highest BCUT2D eigenvalue weighted by molar-refractivity contribution is 6.01. The third-order valence-corrected chi connectivity index (χ3v) is 5.21. The van der Waals surface area contributed by atoms with E-state index in [1.54, 1.807) is 24.3 Å². The Bertz CT molecular complexity index is 1020. The van der Waals surface area contributed by atoms with Crippen LogP contribution in [0, 0.1) is 0 Å². The van der Waals surface area contributed by atoms with Crippen LogP contribution in [0.5, 0.6) is 0 Å². The minimum atomic E-state index is -1.30. The summed E-state index contributed by atoms with van der Waals surface area (Å²) in [6.07, 6.45) is 1.00. The first-order valence-corrected chi connectivity index (χ1v) is 9.48. The van der Waals surface area contributed by atoms with Gasteiger partial charge in [-0.25, -0.2) is 4.79 Å². The fraction of sp³-hybridized carbons (Fsp3) is 0.120. The molecular formula is C25H21NO3. The fourth-order valence-corrected chi connectivity index (χ4v) is 3.72. The number of esters is 1. The Morgan fingerprint density at radius 1 is 0.931 bits per heavy atom. The molecule has 2 atom stereocenters. The summed E-state index contributed by atoms with van der Waals surface area (Å²) in [6.45, 7) is 3.92. The molecular weight excluding hydrogens is 362 g/mol. The summed E-state index contributed by atoms with van der Waals surface area (Å²) < 4.78 is 5.78. The van der Waals surface area contributed by atoms with Crippen molar-refractivity contribution < 1.29 is 14.3 Å². The van der Waals surface area contributed by atoms with Gasteiger partial charge in [0.05, 0.1) is 0 Å². The Hall–Kier alpha value is -3.66. The lowest BCUT2D eigenvalue weighted by Crippen LogP contribution is -2.52. The first-order valence-electron chi connectivity index (χ1n) is 9.48. The van der Waals surface area contributed by atoms with Crippen molar-refractivity contribution in [3.63, 3.8) is 0 Å². The van der Waals surface area contributed by atoms with E-state index in [0.717, 1.165) is 11.1 Å². The lowest BCUT2D eigenvalue weighted by atomic mass is 9.88. The molecule has 0 N–H and O–H groups in total. The molecule has 4 nitrogen and oxygen atoms in total. The van der Waals surface area contributed by atoms with Gasteiger partial charge in [0.15, 0.2) is 5.54 Å². The lowest BCUT2D eigenvalue weighted by molar-refractivity contribution is -0.144. The molecule has 0 aromatic heterocycles. The molecule has 1 fully saturated rings. The summed E-state index contributed by atoms with van der Waals surface area (Å²) in [5.41, 5.74) is 0.853. The number of cyclic esters (lactones) is 1. The molecule has 1 amide bonds. The van der Waals surface area contributed by atoms with Gasteiger partial charge < -0.3 is 4.74 Å². The summed E-state index contributed by atoms with van der Waals surface area (Å²) in [5.74, 6) is -0.754. The van der Waals surface area contributed by atoms with Gasteiger partial charge in [-0.2, -0.15) is 0 Å². The zero-order valence-corrected chi connectivity index (χ0v) is 15.9. The predicted molar refractivity (Wildman–Crippen MR) is 111 cm³/mol. The van der Waals surface area contributed by atoms with Crippen molar-refractivity contribution in [1.82, 2.24) is 4.90 Å². The van der Waals surface area contributed by atoms with Crippen molar-refractivity contribution in [2.45, 2.75) is 18.2 Å². The normalized spacial score (nSPS) is 20.9. The maximum absolute atomic E-state index is 13.6. The molecule has 0 saturated carbocycles. The Labute approximate surface area is 170 Å². The fourth-order valence-electron chi connectivity index (χ4n) is 3.72. The maximum Gasteiger partial charge on any atom is 0.338 e. The predicted octanol–water partition coefficient (Wildman–Crippen LogP) is 4.55. The standard InChI is InChI=1S/C25H21NO3/c1-2-25(18-19-12-6-3-7-13-19)24(28)29-23(21-16-10-5-11-17-21)26(25)22(27)20-14-8-4-9-15-20/h2-17,23H,1,18H2/t23-,25+/m1/s1. The minimum Gasteiger partial charge on any atom is -0.435 e. The number of benzene rings is 3. The van der Waals surface area contributed by atoms with Crippen LogP contribution < -0.4 is 0 Å². The molecule has 144 valence electrons. The second kappa shape index (κ2) is 7.76. The number of amides is 1. The Kier molecular flexibility index (Phi) is 5.00. The molecule has 4 rings (SSSR count). The summed E-state index contributed by atoms with van der Waals surface area (Å²) in [5, 5.41) is 0. The second-order valence-electron chi connectivity index (χ2n) is 7.00. The van der Waals surface area contributed by atoms with Gasteiger partial charge in [-0.1, -0.05) is 84.9 Å². The van der Waals surface area contributed by atoms with Gasteiger partial charge >= 0.3 is 5.97 Å². The molecule has 3 aromatic rings. The van der Waals surface area contributed by atoms with Crippen molar-refractivity contribution in [1.29, 1.82) is 0 Å². The van der Waals surface area contributed by atoms with Gasteiger partial charge in [0.25, 0.3) is 5.91 Å². The monoisotopic (exact) mass is 383 g/mol. The number of nitrogens with zero attached hydrogens (tertiary/aromatic N) is 1. The van der Waals surface area contributed by atoms with E-state index in [-0.39, 0.29) is 12.3 Å². The van der Waals surface area contributed by atoms with Gasteiger partial charge in [0.2, 0.25) is 6.23 Å². The Morgan fingerprint density at radius 3 is 2.07 bits per heavy atom. The van der Waals surface area contributed by atoms with E-state index in [4.69, 9.17) is 4.74 Å². The first-order chi connectivity index (χ1) is 14.2. The molecule has 3 aromatic carbocycles. The van der Waals surface area contributed by atoms with E-state index in [9.17, 15) is 9.59 Å². The largest absolute Gasteiger partial charge is 0.435 e. The first kappa shape index (κ1) is 18.7. The third kappa shape index (κ3) is 3.34. The molecule has 0 bridgehead atoms. The van der Waals surface area contributed by atoms with Gasteiger partial charge in [-0.3, -0.25) is 9.69 Å². The van der Waals surface area contributed by atoms with E-state index >= 15 is 0 Å². The van der Waals surface area contributed by atoms with Crippen LogP contribution in [0.4, 0.5) is 0 Å². The van der Waals surface area contributed by atoms with Crippen LogP contribution in [0.25, 0.3) is 0 Å². The van der Waals surface area contributed by atoms with Crippen LogP contribution in [0.3, 0.4) is 0 Å². The maximum atomic E-state index is 13.6. The average Bonchev–Trinajstić information content (AvgIpc) is 3.07. The minimum absolute atomic E-state index is 0.277. The van der Waals surface area contributed by atoms with Crippen LogP contribution in [0.1, 0.15) is 27.7 Å². The number of hydrogen-bond donors (Lipinski definition) is 0. The smallest absolute Gasteiger partial charge is 0.338 e. The lowest BCUT2D eigenvalue weighted by Gasteiger charge is -2.34. The van der Waals surface area contributed by atoms with Crippen LogP contribution in [0.15, 0.2) is 104 Å². The van der Waals surface area contributed by atoms with Crippen LogP contribution in [0.2, 0.25) is 0 Å². The summed E-state index contributed by atoms with van der Waals surface area (Å²) >= 11 is 0. The number of carbonyl (C=O) groups excluding carboxylic acids is 2. The quantitative estimate of drug-likeness (QED) is 0.480. The highest BCUT2D eigenvalue weighted by Gasteiger charge is 2.56. The molecule has 1 saturated heterocycles. The number of ether oxygens (including phenoxy) is 1. The molecule has 1 aliphatic rings. The second-order valence-corrected chi connectivity index (χ2v) is 7.00. The number of hydrogen-bond acceptors (Lipinski definition) is 3. The average molecular weight is 383 g/mol. The Morgan fingerprint density at radius 2 is 1.48 bits per heavy atom. The number of carbonyl (C=O) groups is 2. The Balaban J connectivity index is 1.84. The van der Waals surface area contributed by atoms with Gasteiger partial charge in [0, 0.05) is 17.5 Å². The van der Waals surface area contributed by atoms with E-state index in [0.29, 0.717) is 5.56 Å². The SMILES string of the molecule is C=C[C@]1(Cc2ccccc2)C(=O)O[C@H](c2ccccc2)N1C(=O)c1ccccc1. The molecule has 1 aliphatic heterocycles. The van der Waals surface area contributed by atoms with Crippen molar-refractivity contribution in [2.24, 2.45) is 0 Å². The molecule has 0 radical (unpaired) electrons. The molecule has 29 heavy (non-hydrogen) atoms. The van der Waals surface area contributed by atoms with Crippen LogP contribution in [-0.2, 0) is 16.0 Å².